The molecule has 2 aromatic carbocycles. The molecule has 0 atom stereocenters. The van der Waals surface area contributed by atoms with Gasteiger partial charge in [-0.1, -0.05) is 43.1 Å². The largest absolute Gasteiger partial charge is 0.489 e. The molecule has 5 nitrogen and oxygen atoms in total. The minimum Gasteiger partial charge on any atom is -0.489 e. The van der Waals surface area contributed by atoms with Crippen LogP contribution in [0.15, 0.2) is 47.6 Å². The zero-order chi connectivity index (χ0) is 19.9. The standard InChI is InChI=1S/C20H20ClFN4OS/c1-2-3-10-19-24-25-20(28)26(19)23-12-14-6-4-7-15(11-14)27-13-16-17(21)8-5-9-18(16)22/h4-9,11-12H,2-3,10,13H2,1H3,(H,25,28)/b23-12+. The van der Waals surface area contributed by atoms with Crippen molar-refractivity contribution < 1.29 is 9.13 Å². The van der Waals surface area contributed by atoms with Crippen molar-refractivity contribution in [3.05, 3.63) is 75.0 Å². The van der Waals surface area contributed by atoms with Crippen molar-refractivity contribution in [2.45, 2.75) is 32.8 Å². The van der Waals surface area contributed by atoms with Crippen LogP contribution in [0.4, 0.5) is 4.39 Å². The summed E-state index contributed by atoms with van der Waals surface area (Å²) in [7, 11) is 0. The highest BCUT2D eigenvalue weighted by molar-refractivity contribution is 7.71. The van der Waals surface area contributed by atoms with Gasteiger partial charge in [0, 0.05) is 12.0 Å². The summed E-state index contributed by atoms with van der Waals surface area (Å²) in [4.78, 5) is 0. The summed E-state index contributed by atoms with van der Waals surface area (Å²) < 4.78 is 21.6. The van der Waals surface area contributed by atoms with E-state index in [1.807, 2.05) is 18.2 Å². The van der Waals surface area contributed by atoms with Crippen LogP contribution in [0, 0.1) is 10.6 Å². The molecule has 3 aromatic rings. The number of H-pyrrole nitrogens is 1. The Balaban J connectivity index is 1.73. The van der Waals surface area contributed by atoms with E-state index in [9.17, 15) is 4.39 Å². The van der Waals surface area contributed by atoms with Crippen molar-refractivity contribution in [3.63, 3.8) is 0 Å². The smallest absolute Gasteiger partial charge is 0.216 e. The van der Waals surface area contributed by atoms with Crippen LogP contribution in [0.2, 0.25) is 5.02 Å². The molecule has 28 heavy (non-hydrogen) atoms. The van der Waals surface area contributed by atoms with E-state index in [-0.39, 0.29) is 12.4 Å². The molecule has 8 heteroatoms. The molecule has 0 unspecified atom stereocenters. The Bertz CT molecular complexity index is 1010. The van der Waals surface area contributed by atoms with E-state index < -0.39 is 0 Å². The van der Waals surface area contributed by atoms with Crippen molar-refractivity contribution in [1.82, 2.24) is 14.9 Å². The Morgan fingerprint density at radius 1 is 1.32 bits per heavy atom. The second-order valence-electron chi connectivity index (χ2n) is 6.17. The summed E-state index contributed by atoms with van der Waals surface area (Å²) in [5, 5.41) is 11.8. The van der Waals surface area contributed by atoms with E-state index in [1.54, 1.807) is 29.1 Å². The molecule has 0 aliphatic carbocycles. The summed E-state index contributed by atoms with van der Waals surface area (Å²) in [6.07, 6.45) is 4.56. The van der Waals surface area contributed by atoms with Gasteiger partial charge in [-0.05, 0) is 48.5 Å². The van der Waals surface area contributed by atoms with Gasteiger partial charge in [0.25, 0.3) is 0 Å². The Labute approximate surface area is 172 Å². The molecule has 0 bridgehead atoms. The van der Waals surface area contributed by atoms with Crippen LogP contribution in [0.1, 0.15) is 36.7 Å². The van der Waals surface area contributed by atoms with Crippen molar-refractivity contribution in [2.75, 3.05) is 0 Å². The summed E-state index contributed by atoms with van der Waals surface area (Å²) in [5.74, 6) is 0.995. The third-order valence-corrected chi connectivity index (χ3v) is 4.71. The number of benzene rings is 2. The van der Waals surface area contributed by atoms with Gasteiger partial charge in [-0.3, -0.25) is 5.10 Å². The fourth-order valence-corrected chi connectivity index (χ4v) is 2.99. The van der Waals surface area contributed by atoms with Gasteiger partial charge in [0.05, 0.1) is 11.2 Å². The number of aryl methyl sites for hydroxylation is 1. The summed E-state index contributed by atoms with van der Waals surface area (Å²) >= 11 is 11.3. The third-order valence-electron chi connectivity index (χ3n) is 4.10. The SMILES string of the molecule is CCCCc1n[nH]c(=S)n1/N=C/c1cccc(OCc2c(F)cccc2Cl)c1. The van der Waals surface area contributed by atoms with Crippen LogP contribution in [-0.4, -0.2) is 21.1 Å². The van der Waals surface area contributed by atoms with Crippen LogP contribution in [0.3, 0.4) is 0 Å². The normalized spacial score (nSPS) is 11.2. The average molecular weight is 419 g/mol. The average Bonchev–Trinajstić information content (AvgIpc) is 3.04. The Morgan fingerprint density at radius 2 is 2.14 bits per heavy atom. The number of unbranched alkanes of at least 4 members (excludes halogenated alkanes) is 1. The Hall–Kier alpha value is -2.51. The molecular weight excluding hydrogens is 399 g/mol. The molecule has 0 aliphatic heterocycles. The van der Waals surface area contributed by atoms with E-state index in [0.29, 0.717) is 21.1 Å². The first-order valence-corrected chi connectivity index (χ1v) is 9.73. The van der Waals surface area contributed by atoms with Crippen LogP contribution in [0.25, 0.3) is 0 Å². The topological polar surface area (TPSA) is 55.2 Å². The molecule has 0 fully saturated rings. The van der Waals surface area contributed by atoms with Gasteiger partial charge in [-0.2, -0.15) is 14.9 Å². The first-order chi connectivity index (χ1) is 13.6. The van der Waals surface area contributed by atoms with Gasteiger partial charge in [-0.25, -0.2) is 4.39 Å². The predicted molar refractivity (Wildman–Crippen MR) is 111 cm³/mol. The van der Waals surface area contributed by atoms with Crippen molar-refractivity contribution in [1.29, 1.82) is 0 Å². The number of ether oxygens (including phenoxy) is 1. The maximum atomic E-state index is 13.9. The molecule has 3 rings (SSSR count). The number of aromatic nitrogens is 3. The predicted octanol–water partition coefficient (Wildman–Crippen LogP) is 5.54. The van der Waals surface area contributed by atoms with E-state index >= 15 is 0 Å². The minimum atomic E-state index is -0.390. The number of hydrogen-bond acceptors (Lipinski definition) is 4. The van der Waals surface area contributed by atoms with Gasteiger partial charge < -0.3 is 4.74 Å². The first kappa shape index (κ1) is 20.2. The fraction of sp³-hybridized carbons (Fsp3) is 0.250. The Kier molecular flexibility index (Phi) is 6.95. The van der Waals surface area contributed by atoms with E-state index in [4.69, 9.17) is 28.6 Å². The molecular formula is C20H20ClFN4OS. The zero-order valence-corrected chi connectivity index (χ0v) is 16.9. The lowest BCUT2D eigenvalue weighted by Gasteiger charge is -2.09. The van der Waals surface area contributed by atoms with E-state index in [2.05, 4.69) is 22.2 Å². The summed E-state index contributed by atoms with van der Waals surface area (Å²) in [5.41, 5.74) is 1.15. The van der Waals surface area contributed by atoms with Crippen molar-refractivity contribution >= 4 is 30.0 Å². The molecule has 1 aromatic heterocycles. The van der Waals surface area contributed by atoms with Crippen LogP contribution in [-0.2, 0) is 13.0 Å². The van der Waals surface area contributed by atoms with Gasteiger partial charge in [0.1, 0.15) is 18.2 Å². The maximum Gasteiger partial charge on any atom is 0.216 e. The second kappa shape index (κ2) is 9.61. The van der Waals surface area contributed by atoms with Crippen molar-refractivity contribution in [3.8, 4) is 5.75 Å². The molecule has 0 amide bonds. The highest BCUT2D eigenvalue weighted by atomic mass is 35.5. The number of rotatable bonds is 8. The second-order valence-corrected chi connectivity index (χ2v) is 6.96. The molecule has 0 spiro atoms. The lowest BCUT2D eigenvalue weighted by molar-refractivity contribution is 0.300. The molecule has 0 saturated heterocycles. The van der Waals surface area contributed by atoms with Gasteiger partial charge >= 0.3 is 0 Å². The van der Waals surface area contributed by atoms with Crippen molar-refractivity contribution in [2.24, 2.45) is 5.10 Å². The molecule has 146 valence electrons. The maximum absolute atomic E-state index is 13.9. The van der Waals surface area contributed by atoms with Gasteiger partial charge in [0.15, 0.2) is 5.82 Å². The van der Waals surface area contributed by atoms with Gasteiger partial charge in [-0.15, -0.1) is 0 Å². The highest BCUT2D eigenvalue weighted by Gasteiger charge is 2.08. The fourth-order valence-electron chi connectivity index (χ4n) is 2.57. The van der Waals surface area contributed by atoms with Crippen LogP contribution < -0.4 is 4.74 Å². The minimum absolute atomic E-state index is 0.0417. The zero-order valence-electron chi connectivity index (χ0n) is 15.4. The third kappa shape index (κ3) is 5.05. The molecule has 0 aliphatic rings. The van der Waals surface area contributed by atoms with Crippen LogP contribution in [0.5, 0.6) is 5.75 Å². The summed E-state index contributed by atoms with van der Waals surface area (Å²) in [6, 6.07) is 11.9. The van der Waals surface area contributed by atoms with E-state index in [1.165, 1.54) is 6.07 Å². The summed E-state index contributed by atoms with van der Waals surface area (Å²) in [6.45, 7) is 2.16. The first-order valence-electron chi connectivity index (χ1n) is 8.95. The lowest BCUT2D eigenvalue weighted by Crippen LogP contribution is -2.01. The number of nitrogens with one attached hydrogen (secondary N) is 1. The monoisotopic (exact) mass is 418 g/mol. The number of halogens is 2. The molecule has 0 saturated carbocycles. The molecule has 1 heterocycles. The number of nitrogens with zero attached hydrogens (tertiary/aromatic N) is 3. The molecule has 0 radical (unpaired) electrons. The lowest BCUT2D eigenvalue weighted by atomic mass is 10.2. The van der Waals surface area contributed by atoms with E-state index in [0.717, 1.165) is 30.7 Å². The van der Waals surface area contributed by atoms with Crippen LogP contribution >= 0.6 is 23.8 Å². The molecule has 1 N–H and O–H groups in total. The quantitative estimate of drug-likeness (QED) is 0.386. The number of hydrogen-bond donors (Lipinski definition) is 1. The Morgan fingerprint density at radius 3 is 2.93 bits per heavy atom. The van der Waals surface area contributed by atoms with Gasteiger partial charge in [0.2, 0.25) is 4.77 Å². The number of aromatic amines is 1. The highest BCUT2D eigenvalue weighted by Crippen LogP contribution is 2.21.